The average molecular weight is 598 g/mol. The zero-order valence-electron chi connectivity index (χ0n) is 24.5. The molecule has 2 fully saturated rings. The van der Waals surface area contributed by atoms with Crippen molar-refractivity contribution in [2.24, 2.45) is 0 Å². The fourth-order valence-electron chi connectivity index (χ4n) is 6.54. The van der Waals surface area contributed by atoms with Crippen LogP contribution in [0.5, 0.6) is 0 Å². The molecule has 0 saturated carbocycles. The van der Waals surface area contributed by atoms with E-state index in [9.17, 15) is 10.1 Å². The van der Waals surface area contributed by atoms with Crippen LogP contribution in [0, 0.1) is 23.7 Å². The first kappa shape index (κ1) is 28.7. The summed E-state index contributed by atoms with van der Waals surface area (Å²) in [6.45, 7) is 11.1. The molecular formula is C31H35N9O2S. The molecule has 2 aliphatic heterocycles. The third-order valence-electron chi connectivity index (χ3n) is 8.82. The Morgan fingerprint density at radius 1 is 1.26 bits per heavy atom. The van der Waals surface area contributed by atoms with E-state index in [1.807, 2.05) is 11.0 Å². The zero-order valence-corrected chi connectivity index (χ0v) is 25.4. The minimum absolute atomic E-state index is 0.0541. The Kier molecular flexibility index (Phi) is 7.59. The highest BCUT2D eigenvalue weighted by molar-refractivity contribution is 7.16. The highest BCUT2D eigenvalue weighted by Crippen LogP contribution is 2.48. The van der Waals surface area contributed by atoms with Crippen LogP contribution in [-0.4, -0.2) is 89.7 Å². The Morgan fingerprint density at radius 2 is 2.05 bits per heavy atom. The van der Waals surface area contributed by atoms with Gasteiger partial charge in [0.05, 0.1) is 5.56 Å². The summed E-state index contributed by atoms with van der Waals surface area (Å²) in [6.07, 6.45) is 9.75. The molecule has 0 spiro atoms. The number of likely N-dealkylation sites (N-methyl/N-ethyl adjacent to an activating group) is 1. The molecule has 3 aliphatic rings. The topological polar surface area (TPSA) is 132 Å². The van der Waals surface area contributed by atoms with Gasteiger partial charge in [-0.1, -0.05) is 17.7 Å². The van der Waals surface area contributed by atoms with Crippen LogP contribution >= 0.6 is 11.3 Å². The standard InChI is InChI=1S/C31H35N9O2S/c1-5-26(41)39-13-11-38(12-14-39)21-16-23(34-25(17-21)40-15-10-37(4)19-20(40)3)29-35-30(42-36-29)31(6-2)9-7-8-24-27(31)22(18-32)28(33)43-24/h2,5,16-17,20H,1,7-15,19,33H2,3-4H3/t20-,31-/m0/s1. The maximum atomic E-state index is 12.2. The van der Waals surface area contributed by atoms with Crippen molar-refractivity contribution in [3.8, 4) is 29.9 Å². The number of anilines is 3. The lowest BCUT2D eigenvalue weighted by Gasteiger charge is -2.40. The van der Waals surface area contributed by atoms with Crippen molar-refractivity contribution in [2.45, 2.75) is 37.6 Å². The number of piperazine rings is 2. The highest BCUT2D eigenvalue weighted by Gasteiger charge is 2.45. The Labute approximate surface area is 255 Å². The predicted octanol–water partition coefficient (Wildman–Crippen LogP) is 2.88. The molecule has 1 aliphatic carbocycles. The van der Waals surface area contributed by atoms with Gasteiger partial charge in [-0.15, -0.1) is 17.8 Å². The molecule has 2 saturated heterocycles. The molecule has 43 heavy (non-hydrogen) atoms. The molecule has 0 bridgehead atoms. The fourth-order valence-corrected chi connectivity index (χ4v) is 7.68. The number of nitrogens with two attached hydrogens (primary N) is 1. The van der Waals surface area contributed by atoms with E-state index in [0.29, 0.717) is 54.7 Å². The summed E-state index contributed by atoms with van der Waals surface area (Å²) in [5.41, 5.74) is 7.87. The largest absolute Gasteiger partial charge is 0.389 e. The second-order valence-electron chi connectivity index (χ2n) is 11.5. The summed E-state index contributed by atoms with van der Waals surface area (Å²) in [4.78, 5) is 31.8. The SMILES string of the molecule is C#C[C@]1(c2nc(-c3cc(N4CCN(C(=O)C=C)CC4)cc(N4CCN(C)C[C@@H]4C)n3)no2)CCCc2sc(N)c(C#N)c21. The zero-order chi connectivity index (χ0) is 30.3. The molecule has 0 unspecified atom stereocenters. The molecular weight excluding hydrogens is 562 g/mol. The monoisotopic (exact) mass is 597 g/mol. The van der Waals surface area contributed by atoms with E-state index in [1.165, 1.54) is 17.4 Å². The van der Waals surface area contributed by atoms with Crippen molar-refractivity contribution in [1.82, 2.24) is 24.9 Å². The summed E-state index contributed by atoms with van der Waals surface area (Å²) in [6, 6.07) is 6.60. The molecule has 12 heteroatoms. The normalized spacial score (nSPS) is 22.5. The van der Waals surface area contributed by atoms with Gasteiger partial charge >= 0.3 is 0 Å². The number of thiophene rings is 1. The number of aryl methyl sites for hydroxylation is 1. The number of nitrogens with zero attached hydrogens (tertiary/aromatic N) is 8. The van der Waals surface area contributed by atoms with Crippen molar-refractivity contribution in [1.29, 1.82) is 5.26 Å². The first-order valence-electron chi connectivity index (χ1n) is 14.6. The Hall–Kier alpha value is -4.39. The molecule has 3 aromatic heterocycles. The number of aromatic nitrogens is 3. The Bertz CT molecular complexity index is 1640. The van der Waals surface area contributed by atoms with Gasteiger partial charge in [-0.2, -0.15) is 10.2 Å². The van der Waals surface area contributed by atoms with E-state index in [2.05, 4.69) is 58.5 Å². The van der Waals surface area contributed by atoms with Gasteiger partial charge in [0.15, 0.2) is 0 Å². The number of rotatable bonds is 5. The highest BCUT2D eigenvalue weighted by atomic mass is 32.1. The number of amides is 1. The first-order valence-corrected chi connectivity index (χ1v) is 15.4. The summed E-state index contributed by atoms with van der Waals surface area (Å²) in [5, 5.41) is 14.8. The van der Waals surface area contributed by atoms with E-state index >= 15 is 0 Å². The van der Waals surface area contributed by atoms with Crippen LogP contribution in [0.3, 0.4) is 0 Å². The molecule has 6 rings (SSSR count). The minimum atomic E-state index is -1.03. The second-order valence-corrected chi connectivity index (χ2v) is 12.6. The molecule has 222 valence electrons. The van der Waals surface area contributed by atoms with Crippen LogP contribution in [-0.2, 0) is 16.6 Å². The quantitative estimate of drug-likeness (QED) is 0.346. The summed E-state index contributed by atoms with van der Waals surface area (Å²) in [7, 11) is 2.13. The van der Waals surface area contributed by atoms with Crippen LogP contribution < -0.4 is 15.5 Å². The molecule has 0 radical (unpaired) electrons. The molecule has 0 aromatic carbocycles. The van der Waals surface area contributed by atoms with Gasteiger partial charge in [0.25, 0.3) is 0 Å². The number of hydrogen-bond donors (Lipinski definition) is 1. The maximum absolute atomic E-state index is 12.2. The molecule has 2 atom stereocenters. The Morgan fingerprint density at radius 3 is 2.74 bits per heavy atom. The van der Waals surface area contributed by atoms with Gasteiger partial charge < -0.3 is 29.9 Å². The lowest BCUT2D eigenvalue weighted by Crippen LogP contribution is -2.51. The van der Waals surface area contributed by atoms with E-state index in [4.69, 9.17) is 26.6 Å². The summed E-state index contributed by atoms with van der Waals surface area (Å²) >= 11 is 1.41. The van der Waals surface area contributed by atoms with Gasteiger partial charge in [-0.05, 0) is 45.4 Å². The van der Waals surface area contributed by atoms with Crippen LogP contribution in [0.25, 0.3) is 11.5 Å². The molecule has 2 N–H and O–H groups in total. The summed E-state index contributed by atoms with van der Waals surface area (Å²) in [5.74, 6) is 4.32. The fraction of sp³-hybridized carbons (Fsp3) is 0.452. The lowest BCUT2D eigenvalue weighted by molar-refractivity contribution is -0.126. The average Bonchev–Trinajstić information content (AvgIpc) is 3.65. The van der Waals surface area contributed by atoms with E-state index < -0.39 is 5.41 Å². The third kappa shape index (κ3) is 5.01. The van der Waals surface area contributed by atoms with Gasteiger partial charge in [-0.25, -0.2) is 4.98 Å². The van der Waals surface area contributed by atoms with Gasteiger partial charge in [-0.3, -0.25) is 4.79 Å². The maximum Gasteiger partial charge on any atom is 0.249 e. The van der Waals surface area contributed by atoms with Crippen molar-refractivity contribution < 1.29 is 9.32 Å². The molecule has 3 aromatic rings. The number of hydrogen-bond acceptors (Lipinski definition) is 11. The molecule has 11 nitrogen and oxygen atoms in total. The number of terminal acetylenes is 1. The lowest BCUT2D eigenvalue weighted by atomic mass is 9.71. The second kappa shape index (κ2) is 11.4. The van der Waals surface area contributed by atoms with Crippen molar-refractivity contribution >= 4 is 33.8 Å². The van der Waals surface area contributed by atoms with Crippen molar-refractivity contribution in [3.05, 3.63) is 46.7 Å². The number of carbonyl (C=O) groups excluding carboxylic acids is 1. The van der Waals surface area contributed by atoms with E-state index in [-0.39, 0.29) is 17.8 Å². The summed E-state index contributed by atoms with van der Waals surface area (Å²) < 4.78 is 5.90. The van der Waals surface area contributed by atoms with Crippen LogP contribution in [0.1, 0.15) is 41.7 Å². The smallest absolute Gasteiger partial charge is 0.249 e. The van der Waals surface area contributed by atoms with E-state index in [1.54, 1.807) is 0 Å². The number of nitrogen functional groups attached to an aromatic ring is 1. The predicted molar refractivity (Wildman–Crippen MR) is 167 cm³/mol. The van der Waals surface area contributed by atoms with Crippen LogP contribution in [0.2, 0.25) is 0 Å². The number of nitriles is 1. The van der Waals surface area contributed by atoms with Crippen LogP contribution in [0.15, 0.2) is 29.3 Å². The van der Waals surface area contributed by atoms with Gasteiger partial charge in [0, 0.05) is 74.0 Å². The number of fused-ring (bicyclic) bond motifs is 1. The Balaban J connectivity index is 1.40. The van der Waals surface area contributed by atoms with Gasteiger partial charge in [0.1, 0.15) is 28.0 Å². The minimum Gasteiger partial charge on any atom is -0.389 e. The van der Waals surface area contributed by atoms with Gasteiger partial charge in [0.2, 0.25) is 17.6 Å². The molecule has 5 heterocycles. The van der Waals surface area contributed by atoms with Crippen molar-refractivity contribution in [2.75, 3.05) is 68.4 Å². The first-order chi connectivity index (χ1) is 20.8. The van der Waals surface area contributed by atoms with Crippen LogP contribution in [0.4, 0.5) is 16.5 Å². The van der Waals surface area contributed by atoms with Crippen molar-refractivity contribution in [3.63, 3.8) is 0 Å². The number of pyridine rings is 1. The number of carbonyl (C=O) groups is 1. The van der Waals surface area contributed by atoms with E-state index in [0.717, 1.165) is 54.4 Å². The third-order valence-corrected chi connectivity index (χ3v) is 9.90. The molecule has 1 amide bonds.